The minimum atomic E-state index is -1.12. The molecule has 56 valence electrons. The lowest BCUT2D eigenvalue weighted by Gasteiger charge is -1.97. The molecule has 1 atom stereocenters. The fourth-order valence-electron chi connectivity index (χ4n) is 0.716. The lowest BCUT2D eigenvalue weighted by Crippen LogP contribution is -2.07. The number of aryl methyl sites for hydroxylation is 1. The predicted molar refractivity (Wildman–Crippen MR) is 36.1 cm³/mol. The average molecular weight is 143 g/mol. The highest BCUT2D eigenvalue weighted by atomic mass is 19.1. The minimum absolute atomic E-state index is 0.00296. The SMILES string of the molecule is Cn1cnc(C(F)CN)c1. The first-order chi connectivity index (χ1) is 4.74. The molecule has 4 heteroatoms. The van der Waals surface area contributed by atoms with E-state index in [1.807, 2.05) is 0 Å². The molecule has 0 aliphatic carbocycles. The third-order valence-corrected chi connectivity index (χ3v) is 1.25. The standard InChI is InChI=1S/C6H10FN3/c1-10-3-6(9-4-10)5(7)2-8/h3-5H,2,8H2,1H3. The number of alkyl halides is 1. The molecule has 0 saturated heterocycles. The topological polar surface area (TPSA) is 43.8 Å². The Morgan fingerprint density at radius 1 is 1.90 bits per heavy atom. The van der Waals surface area contributed by atoms with Gasteiger partial charge in [-0.25, -0.2) is 9.37 Å². The molecule has 3 nitrogen and oxygen atoms in total. The van der Waals surface area contributed by atoms with E-state index in [0.29, 0.717) is 5.69 Å². The Morgan fingerprint density at radius 3 is 3.00 bits per heavy atom. The molecule has 0 bridgehead atoms. The lowest BCUT2D eigenvalue weighted by atomic mass is 10.3. The predicted octanol–water partition coefficient (Wildman–Crippen LogP) is 0.389. The quantitative estimate of drug-likeness (QED) is 0.650. The molecular weight excluding hydrogens is 133 g/mol. The number of hydrogen-bond acceptors (Lipinski definition) is 2. The van der Waals surface area contributed by atoms with E-state index in [4.69, 9.17) is 5.73 Å². The van der Waals surface area contributed by atoms with E-state index in [-0.39, 0.29) is 6.54 Å². The van der Waals surface area contributed by atoms with Crippen molar-refractivity contribution >= 4 is 0 Å². The third-order valence-electron chi connectivity index (χ3n) is 1.25. The van der Waals surface area contributed by atoms with Gasteiger partial charge in [0.05, 0.1) is 12.0 Å². The summed E-state index contributed by atoms with van der Waals surface area (Å²) in [6.07, 6.45) is 2.05. The number of rotatable bonds is 2. The number of aromatic nitrogens is 2. The van der Waals surface area contributed by atoms with Crippen molar-refractivity contribution in [3.8, 4) is 0 Å². The summed E-state index contributed by atoms with van der Waals surface area (Å²) in [5.41, 5.74) is 5.50. The van der Waals surface area contributed by atoms with Crippen LogP contribution in [-0.2, 0) is 7.05 Å². The Labute approximate surface area is 58.7 Å². The largest absolute Gasteiger partial charge is 0.340 e. The summed E-state index contributed by atoms with van der Waals surface area (Å²) in [6, 6.07) is 0. The summed E-state index contributed by atoms with van der Waals surface area (Å²) in [7, 11) is 1.79. The highest BCUT2D eigenvalue weighted by molar-refractivity contribution is 5.00. The van der Waals surface area contributed by atoms with Crippen molar-refractivity contribution in [2.45, 2.75) is 6.17 Å². The molecular formula is C6H10FN3. The van der Waals surface area contributed by atoms with Crippen LogP contribution in [0.15, 0.2) is 12.5 Å². The molecule has 1 unspecified atom stereocenters. The molecule has 1 aromatic heterocycles. The van der Waals surface area contributed by atoms with Gasteiger partial charge in [0.1, 0.15) is 0 Å². The van der Waals surface area contributed by atoms with Crippen LogP contribution in [0.3, 0.4) is 0 Å². The molecule has 1 rings (SSSR count). The molecule has 2 N–H and O–H groups in total. The van der Waals surface area contributed by atoms with Gasteiger partial charge in [-0.15, -0.1) is 0 Å². The Hall–Kier alpha value is -0.900. The first kappa shape index (κ1) is 7.21. The maximum absolute atomic E-state index is 12.7. The van der Waals surface area contributed by atoms with Crippen LogP contribution >= 0.6 is 0 Å². The number of halogens is 1. The summed E-state index contributed by atoms with van der Waals surface area (Å²) in [6.45, 7) is -0.00296. The second-order valence-corrected chi connectivity index (χ2v) is 2.17. The van der Waals surface area contributed by atoms with Gasteiger partial charge in [0.15, 0.2) is 6.17 Å². The average Bonchev–Trinajstić information content (AvgIpc) is 2.34. The zero-order chi connectivity index (χ0) is 7.56. The van der Waals surface area contributed by atoms with Gasteiger partial charge in [-0.05, 0) is 0 Å². The van der Waals surface area contributed by atoms with Gasteiger partial charge < -0.3 is 10.3 Å². The van der Waals surface area contributed by atoms with Crippen LogP contribution in [0.4, 0.5) is 4.39 Å². The van der Waals surface area contributed by atoms with Crippen molar-refractivity contribution in [1.29, 1.82) is 0 Å². The maximum atomic E-state index is 12.7. The van der Waals surface area contributed by atoms with E-state index in [1.54, 1.807) is 24.1 Å². The van der Waals surface area contributed by atoms with Crippen LogP contribution in [0.5, 0.6) is 0 Å². The van der Waals surface area contributed by atoms with Crippen molar-refractivity contribution in [1.82, 2.24) is 9.55 Å². The van der Waals surface area contributed by atoms with E-state index in [1.165, 1.54) is 0 Å². The zero-order valence-electron chi connectivity index (χ0n) is 5.79. The number of hydrogen-bond donors (Lipinski definition) is 1. The van der Waals surface area contributed by atoms with E-state index < -0.39 is 6.17 Å². The second kappa shape index (κ2) is 2.79. The Balaban J connectivity index is 2.74. The monoisotopic (exact) mass is 143 g/mol. The fourth-order valence-corrected chi connectivity index (χ4v) is 0.716. The van der Waals surface area contributed by atoms with Crippen LogP contribution < -0.4 is 5.73 Å². The Kier molecular flexibility index (Phi) is 2.01. The van der Waals surface area contributed by atoms with Gasteiger partial charge in [0, 0.05) is 19.8 Å². The fraction of sp³-hybridized carbons (Fsp3) is 0.500. The molecule has 0 aliphatic heterocycles. The van der Waals surface area contributed by atoms with Gasteiger partial charge >= 0.3 is 0 Å². The Bertz CT molecular complexity index is 209. The van der Waals surface area contributed by atoms with Crippen molar-refractivity contribution in [3.05, 3.63) is 18.2 Å². The summed E-state index contributed by atoms with van der Waals surface area (Å²) in [5, 5.41) is 0. The first-order valence-corrected chi connectivity index (χ1v) is 3.06. The van der Waals surface area contributed by atoms with Crippen molar-refractivity contribution in [3.63, 3.8) is 0 Å². The van der Waals surface area contributed by atoms with Crippen LogP contribution in [0.25, 0.3) is 0 Å². The van der Waals surface area contributed by atoms with Gasteiger partial charge in [-0.3, -0.25) is 0 Å². The highest BCUT2D eigenvalue weighted by Crippen LogP contribution is 2.11. The van der Waals surface area contributed by atoms with E-state index in [9.17, 15) is 4.39 Å². The van der Waals surface area contributed by atoms with E-state index in [0.717, 1.165) is 0 Å². The second-order valence-electron chi connectivity index (χ2n) is 2.17. The highest BCUT2D eigenvalue weighted by Gasteiger charge is 2.08. The summed E-state index contributed by atoms with van der Waals surface area (Å²) in [4.78, 5) is 3.79. The normalized spacial score (nSPS) is 13.5. The molecule has 0 amide bonds. The molecule has 0 spiro atoms. The number of nitrogens with two attached hydrogens (primary N) is 1. The van der Waals surface area contributed by atoms with Crippen LogP contribution in [-0.4, -0.2) is 16.1 Å². The minimum Gasteiger partial charge on any atom is -0.340 e. The zero-order valence-corrected chi connectivity index (χ0v) is 5.79. The molecule has 0 aromatic carbocycles. The van der Waals surface area contributed by atoms with Crippen molar-refractivity contribution in [2.75, 3.05) is 6.54 Å². The molecule has 1 heterocycles. The third kappa shape index (κ3) is 1.33. The van der Waals surface area contributed by atoms with Gasteiger partial charge in [-0.2, -0.15) is 0 Å². The van der Waals surface area contributed by atoms with Crippen LogP contribution in [0, 0.1) is 0 Å². The maximum Gasteiger partial charge on any atom is 0.156 e. The van der Waals surface area contributed by atoms with Crippen LogP contribution in [0.2, 0.25) is 0 Å². The van der Waals surface area contributed by atoms with Crippen molar-refractivity contribution in [2.24, 2.45) is 12.8 Å². The van der Waals surface area contributed by atoms with Crippen LogP contribution in [0.1, 0.15) is 11.9 Å². The summed E-state index contributed by atoms with van der Waals surface area (Å²) >= 11 is 0. The van der Waals surface area contributed by atoms with E-state index >= 15 is 0 Å². The molecule has 0 saturated carbocycles. The summed E-state index contributed by atoms with van der Waals surface area (Å²) < 4.78 is 14.4. The molecule has 0 radical (unpaired) electrons. The molecule has 0 fully saturated rings. The summed E-state index contributed by atoms with van der Waals surface area (Å²) in [5.74, 6) is 0. The van der Waals surface area contributed by atoms with Gasteiger partial charge in [0.2, 0.25) is 0 Å². The van der Waals surface area contributed by atoms with E-state index in [2.05, 4.69) is 4.98 Å². The van der Waals surface area contributed by atoms with Gasteiger partial charge in [-0.1, -0.05) is 0 Å². The number of nitrogens with zero attached hydrogens (tertiary/aromatic N) is 2. The van der Waals surface area contributed by atoms with Crippen molar-refractivity contribution < 1.29 is 4.39 Å². The molecule has 1 aromatic rings. The molecule has 10 heavy (non-hydrogen) atoms. The Morgan fingerprint density at radius 2 is 2.60 bits per heavy atom. The first-order valence-electron chi connectivity index (χ1n) is 3.06. The smallest absolute Gasteiger partial charge is 0.156 e. The number of imidazole rings is 1. The van der Waals surface area contributed by atoms with Gasteiger partial charge in [0.25, 0.3) is 0 Å². The lowest BCUT2D eigenvalue weighted by molar-refractivity contribution is 0.346. The molecule has 0 aliphatic rings.